The van der Waals surface area contributed by atoms with Crippen molar-refractivity contribution in [1.82, 2.24) is 15.3 Å². The maximum Gasteiger partial charge on any atom is 0.357 e. The molecule has 2 heterocycles. The third-order valence-electron chi connectivity index (χ3n) is 5.77. The molecule has 0 bridgehead atoms. The standard InChI is InChI=1S/C24H27N5O6S2/c1-14-26-20(13-36-14)19(11-15-7-9-16(10-8-15)29-37(32,33)34)28-23-22(24(31)25-12-21(30)35-2)17-5-3-4-6-18(17)27-23/h3,5,7-10,13,19,27-29H,4,6,11-12H2,1-2H3,(H,25,31)(H,32,33,34)/t19-/m0/s1. The Bertz CT molecular complexity index is 1430. The molecule has 2 aromatic heterocycles. The number of anilines is 2. The molecule has 4 rings (SSSR count). The van der Waals surface area contributed by atoms with Crippen LogP contribution >= 0.6 is 11.3 Å². The van der Waals surface area contributed by atoms with Gasteiger partial charge in [0.1, 0.15) is 12.4 Å². The smallest absolute Gasteiger partial charge is 0.357 e. The summed E-state index contributed by atoms with van der Waals surface area (Å²) in [4.78, 5) is 32.7. The minimum atomic E-state index is -4.37. The second-order valence-corrected chi connectivity index (χ2v) is 10.7. The molecule has 1 aliphatic rings. The highest BCUT2D eigenvalue weighted by molar-refractivity contribution is 7.87. The average Bonchev–Trinajstić information content (AvgIpc) is 3.45. The summed E-state index contributed by atoms with van der Waals surface area (Å²) in [6.45, 7) is 1.65. The number of hydrogen-bond donors (Lipinski definition) is 5. The fraction of sp³-hybridized carbons (Fsp3) is 0.292. The molecule has 0 unspecified atom stereocenters. The van der Waals surface area contributed by atoms with E-state index in [9.17, 15) is 18.0 Å². The lowest BCUT2D eigenvalue weighted by Crippen LogP contribution is -2.31. The minimum absolute atomic E-state index is 0.230. The zero-order valence-electron chi connectivity index (χ0n) is 20.2. The van der Waals surface area contributed by atoms with Gasteiger partial charge in [-0.15, -0.1) is 11.3 Å². The monoisotopic (exact) mass is 545 g/mol. The fourth-order valence-corrected chi connectivity index (χ4v) is 5.17. The van der Waals surface area contributed by atoms with E-state index >= 15 is 0 Å². The maximum atomic E-state index is 13.1. The zero-order valence-corrected chi connectivity index (χ0v) is 21.8. The van der Waals surface area contributed by atoms with E-state index in [1.807, 2.05) is 29.2 Å². The van der Waals surface area contributed by atoms with Gasteiger partial charge >= 0.3 is 16.3 Å². The van der Waals surface area contributed by atoms with E-state index in [2.05, 4.69) is 25.3 Å². The van der Waals surface area contributed by atoms with Crippen molar-refractivity contribution < 1.29 is 27.3 Å². The van der Waals surface area contributed by atoms with E-state index in [-0.39, 0.29) is 18.3 Å². The number of fused-ring (bicyclic) bond motifs is 1. The molecule has 0 radical (unpaired) electrons. The fourth-order valence-electron chi connectivity index (χ4n) is 4.07. The second-order valence-electron chi connectivity index (χ2n) is 8.43. The van der Waals surface area contributed by atoms with Crippen molar-refractivity contribution in [1.29, 1.82) is 0 Å². The van der Waals surface area contributed by atoms with E-state index in [4.69, 9.17) is 4.55 Å². The molecule has 0 saturated heterocycles. The number of methoxy groups -OCH3 is 1. The first-order valence-corrected chi connectivity index (χ1v) is 13.7. The maximum absolute atomic E-state index is 13.1. The lowest BCUT2D eigenvalue weighted by atomic mass is 10.0. The molecule has 37 heavy (non-hydrogen) atoms. The summed E-state index contributed by atoms with van der Waals surface area (Å²) in [5, 5.41) is 8.90. The van der Waals surface area contributed by atoms with Crippen molar-refractivity contribution >= 4 is 51.1 Å². The van der Waals surface area contributed by atoms with Gasteiger partial charge < -0.3 is 20.4 Å². The van der Waals surface area contributed by atoms with Crippen molar-refractivity contribution in [2.24, 2.45) is 0 Å². The predicted octanol–water partition coefficient (Wildman–Crippen LogP) is 3.25. The molecule has 1 atom stereocenters. The number of aryl methyl sites for hydroxylation is 2. The SMILES string of the molecule is COC(=O)CNC(=O)c1c(N[C@@H](Cc2ccc(NS(=O)(=O)O)cc2)c2csc(C)n2)[nH]c2c1C=CCC2. The van der Waals surface area contributed by atoms with Crippen LogP contribution in [0.3, 0.4) is 0 Å². The molecule has 0 fully saturated rings. The van der Waals surface area contributed by atoms with Gasteiger partial charge in [0, 0.05) is 16.6 Å². The van der Waals surface area contributed by atoms with Crippen molar-refractivity contribution in [2.75, 3.05) is 23.7 Å². The number of aromatic nitrogens is 2. The van der Waals surface area contributed by atoms with Crippen LogP contribution in [0.5, 0.6) is 0 Å². The Morgan fingerprint density at radius 3 is 2.68 bits per heavy atom. The topological polar surface area (TPSA) is 163 Å². The molecular weight excluding hydrogens is 518 g/mol. The van der Waals surface area contributed by atoms with Crippen LogP contribution in [0.1, 0.15) is 50.3 Å². The number of benzene rings is 1. The number of hydrogen-bond acceptors (Lipinski definition) is 8. The van der Waals surface area contributed by atoms with Crippen LogP contribution in [0.2, 0.25) is 0 Å². The summed E-state index contributed by atoms with van der Waals surface area (Å²) >= 11 is 1.51. The number of nitrogens with one attached hydrogen (secondary N) is 4. The molecule has 0 spiro atoms. The molecule has 13 heteroatoms. The van der Waals surface area contributed by atoms with Gasteiger partial charge in [-0.05, 0) is 43.9 Å². The molecule has 0 aliphatic heterocycles. The molecule has 5 N–H and O–H groups in total. The minimum Gasteiger partial charge on any atom is -0.468 e. The Labute approximate surface area is 218 Å². The molecule has 1 amide bonds. The van der Waals surface area contributed by atoms with Gasteiger partial charge in [0.25, 0.3) is 5.91 Å². The second kappa shape index (κ2) is 11.2. The zero-order chi connectivity index (χ0) is 26.6. The largest absolute Gasteiger partial charge is 0.468 e. The number of esters is 1. The number of nitrogens with zero attached hydrogens (tertiary/aromatic N) is 1. The quantitative estimate of drug-likeness (QED) is 0.191. The number of thiazole rings is 1. The van der Waals surface area contributed by atoms with E-state index in [1.165, 1.54) is 18.4 Å². The highest BCUT2D eigenvalue weighted by Crippen LogP contribution is 2.33. The van der Waals surface area contributed by atoms with Crippen LogP contribution in [0.4, 0.5) is 11.5 Å². The van der Waals surface area contributed by atoms with E-state index in [0.717, 1.165) is 40.4 Å². The van der Waals surface area contributed by atoms with E-state index < -0.39 is 22.2 Å². The highest BCUT2D eigenvalue weighted by Gasteiger charge is 2.26. The van der Waals surface area contributed by atoms with Crippen molar-refractivity contribution in [3.8, 4) is 0 Å². The van der Waals surface area contributed by atoms with Crippen LogP contribution in [-0.2, 0) is 32.7 Å². The molecular formula is C24H27N5O6S2. The number of rotatable bonds is 10. The van der Waals surface area contributed by atoms with Crippen LogP contribution in [-0.4, -0.2) is 48.5 Å². The lowest BCUT2D eigenvalue weighted by Gasteiger charge is -2.19. The first-order valence-electron chi connectivity index (χ1n) is 11.4. The van der Waals surface area contributed by atoms with Gasteiger partial charge in [0.2, 0.25) is 0 Å². The number of amides is 1. The summed E-state index contributed by atoms with van der Waals surface area (Å²) in [6.07, 6.45) is 5.96. The molecule has 1 aliphatic carbocycles. The summed E-state index contributed by atoms with van der Waals surface area (Å²) in [5.74, 6) is -0.449. The first kappa shape index (κ1) is 26.4. The van der Waals surface area contributed by atoms with E-state index in [1.54, 1.807) is 24.3 Å². The number of ether oxygens (including phenoxy) is 1. The van der Waals surface area contributed by atoms with Crippen LogP contribution in [0, 0.1) is 6.92 Å². The summed E-state index contributed by atoms with van der Waals surface area (Å²) in [7, 11) is -3.11. The summed E-state index contributed by atoms with van der Waals surface area (Å²) in [5.41, 5.74) is 3.98. The third kappa shape index (κ3) is 6.76. The lowest BCUT2D eigenvalue weighted by molar-refractivity contribution is -0.139. The molecule has 0 saturated carbocycles. The predicted molar refractivity (Wildman–Crippen MR) is 141 cm³/mol. The van der Waals surface area contributed by atoms with Gasteiger partial charge in [-0.3, -0.25) is 18.9 Å². The van der Waals surface area contributed by atoms with Crippen LogP contribution in [0.15, 0.2) is 35.7 Å². The normalized spacial score (nSPS) is 13.5. The van der Waals surface area contributed by atoms with Gasteiger partial charge in [0.15, 0.2) is 0 Å². The Kier molecular flexibility index (Phi) is 7.95. The number of carbonyl (C=O) groups is 2. The Morgan fingerprint density at radius 1 is 1.27 bits per heavy atom. The highest BCUT2D eigenvalue weighted by atomic mass is 32.2. The number of H-pyrrole nitrogens is 1. The number of allylic oxidation sites excluding steroid dienone is 1. The molecule has 11 nitrogen and oxygen atoms in total. The number of carbonyl (C=O) groups excluding carboxylic acids is 2. The Hall–Kier alpha value is -3.68. The van der Waals surface area contributed by atoms with Crippen molar-refractivity contribution in [2.45, 2.75) is 32.2 Å². The van der Waals surface area contributed by atoms with Crippen molar-refractivity contribution in [3.05, 3.63) is 68.8 Å². The van der Waals surface area contributed by atoms with Gasteiger partial charge in [-0.2, -0.15) is 8.42 Å². The first-order chi connectivity index (χ1) is 17.6. The van der Waals surface area contributed by atoms with Crippen LogP contribution < -0.4 is 15.4 Å². The van der Waals surface area contributed by atoms with Gasteiger partial charge in [-0.25, -0.2) is 4.98 Å². The number of aromatic amines is 1. The Balaban J connectivity index is 1.64. The Morgan fingerprint density at radius 2 is 2.03 bits per heavy atom. The third-order valence-corrected chi connectivity index (χ3v) is 7.05. The molecule has 3 aromatic rings. The summed E-state index contributed by atoms with van der Waals surface area (Å²) in [6, 6.07) is 6.26. The van der Waals surface area contributed by atoms with E-state index in [0.29, 0.717) is 17.8 Å². The van der Waals surface area contributed by atoms with Crippen LogP contribution in [0.25, 0.3) is 6.08 Å². The molecule has 196 valence electrons. The average molecular weight is 546 g/mol. The molecule has 1 aromatic carbocycles. The van der Waals surface area contributed by atoms with Crippen molar-refractivity contribution in [3.63, 3.8) is 0 Å². The van der Waals surface area contributed by atoms with Gasteiger partial charge in [-0.1, -0.05) is 24.3 Å². The summed E-state index contributed by atoms with van der Waals surface area (Å²) < 4.78 is 37.8. The van der Waals surface area contributed by atoms with Gasteiger partial charge in [0.05, 0.1) is 35.1 Å².